The summed E-state index contributed by atoms with van der Waals surface area (Å²) in [5, 5.41) is 2.61. The number of likely N-dealkylation sites (N-methyl/N-ethyl adjacent to an activating group) is 1. The molecule has 8 nitrogen and oxygen atoms in total. The van der Waals surface area contributed by atoms with Gasteiger partial charge in [-0.1, -0.05) is 67.6 Å². The molecule has 9 heteroatoms. The fourth-order valence-corrected chi connectivity index (χ4v) is 5.38. The number of sulfonamides is 1. The van der Waals surface area contributed by atoms with Gasteiger partial charge in [0.1, 0.15) is 18.3 Å². The summed E-state index contributed by atoms with van der Waals surface area (Å²) in [5.41, 5.74) is 1.05. The normalized spacial score (nSPS) is 11.9. The van der Waals surface area contributed by atoms with Crippen molar-refractivity contribution in [1.82, 2.24) is 10.2 Å². The molecule has 0 spiro atoms. The van der Waals surface area contributed by atoms with Crippen molar-refractivity contribution < 1.29 is 22.7 Å². The fraction of sp³-hybridized carbons (Fsp3) is 0.259. The lowest BCUT2D eigenvalue weighted by Gasteiger charge is -2.33. The zero-order chi connectivity index (χ0) is 26.1. The molecule has 3 aromatic rings. The number of nitrogens with zero attached hydrogens (tertiary/aromatic N) is 2. The van der Waals surface area contributed by atoms with Crippen LogP contribution < -0.4 is 14.4 Å². The van der Waals surface area contributed by atoms with E-state index in [0.717, 1.165) is 9.87 Å². The molecule has 190 valence electrons. The van der Waals surface area contributed by atoms with Crippen LogP contribution in [0.25, 0.3) is 0 Å². The van der Waals surface area contributed by atoms with E-state index in [-0.39, 0.29) is 23.0 Å². The lowest BCUT2D eigenvalue weighted by Crippen LogP contribution is -2.51. The molecule has 3 rings (SSSR count). The molecule has 0 heterocycles. The summed E-state index contributed by atoms with van der Waals surface area (Å²) < 4.78 is 34.0. The maximum Gasteiger partial charge on any atom is 0.264 e. The number of amides is 2. The standard InChI is InChI=1S/C27H31N3O5S/c1-4-23(27(32)28-2)29(19-21-13-7-5-8-14-21)26(31)20-30(24-17-11-12-18-25(24)35-3)36(33,34)22-15-9-6-10-16-22/h5-18,23H,4,19-20H2,1-3H3,(H,28,32)/t23-/m0/s1. The van der Waals surface area contributed by atoms with Gasteiger partial charge in [-0.25, -0.2) is 8.42 Å². The van der Waals surface area contributed by atoms with Gasteiger partial charge in [-0.15, -0.1) is 0 Å². The van der Waals surface area contributed by atoms with Crippen molar-refractivity contribution in [2.75, 3.05) is 25.0 Å². The number of carbonyl (C=O) groups is 2. The molecule has 0 aliphatic rings. The second kappa shape index (κ2) is 12.2. The van der Waals surface area contributed by atoms with E-state index >= 15 is 0 Å². The highest BCUT2D eigenvalue weighted by Crippen LogP contribution is 2.32. The number of ether oxygens (including phenoxy) is 1. The molecule has 0 unspecified atom stereocenters. The minimum atomic E-state index is -4.14. The topological polar surface area (TPSA) is 96.0 Å². The first-order valence-corrected chi connectivity index (χ1v) is 13.0. The van der Waals surface area contributed by atoms with E-state index in [4.69, 9.17) is 4.74 Å². The van der Waals surface area contributed by atoms with Crippen molar-refractivity contribution in [3.63, 3.8) is 0 Å². The van der Waals surface area contributed by atoms with Crippen molar-refractivity contribution in [3.05, 3.63) is 90.5 Å². The van der Waals surface area contributed by atoms with Gasteiger partial charge in [0.15, 0.2) is 0 Å². The summed E-state index contributed by atoms with van der Waals surface area (Å²) >= 11 is 0. The van der Waals surface area contributed by atoms with Crippen molar-refractivity contribution in [2.24, 2.45) is 0 Å². The van der Waals surface area contributed by atoms with Crippen LogP contribution in [0.1, 0.15) is 18.9 Å². The van der Waals surface area contributed by atoms with Crippen molar-refractivity contribution >= 4 is 27.5 Å². The number of rotatable bonds is 11. The Bertz CT molecular complexity index is 1270. The summed E-state index contributed by atoms with van der Waals surface area (Å²) in [7, 11) is -1.19. The highest BCUT2D eigenvalue weighted by atomic mass is 32.2. The van der Waals surface area contributed by atoms with Gasteiger partial charge in [-0.05, 0) is 36.2 Å². The summed E-state index contributed by atoms with van der Waals surface area (Å²) in [6.45, 7) is 1.44. The number of benzene rings is 3. The Hall–Kier alpha value is -3.85. The van der Waals surface area contributed by atoms with E-state index in [1.807, 2.05) is 37.3 Å². The molecule has 0 aliphatic heterocycles. The predicted molar refractivity (Wildman–Crippen MR) is 139 cm³/mol. The number of carbonyl (C=O) groups excluding carboxylic acids is 2. The summed E-state index contributed by atoms with van der Waals surface area (Å²) in [6, 6.07) is 23.0. The zero-order valence-corrected chi connectivity index (χ0v) is 21.4. The average Bonchev–Trinajstić information content (AvgIpc) is 2.92. The number of para-hydroxylation sites is 2. The molecule has 0 radical (unpaired) electrons. The molecule has 0 saturated carbocycles. The maximum absolute atomic E-state index is 13.8. The first kappa shape index (κ1) is 26.7. The monoisotopic (exact) mass is 509 g/mol. The molecule has 36 heavy (non-hydrogen) atoms. The maximum atomic E-state index is 13.8. The second-order valence-electron chi connectivity index (χ2n) is 8.04. The molecule has 0 aromatic heterocycles. The molecule has 2 amide bonds. The van der Waals surface area contributed by atoms with Crippen LogP contribution >= 0.6 is 0 Å². The molecule has 0 aliphatic carbocycles. The third-order valence-corrected chi connectivity index (χ3v) is 7.57. The van der Waals surface area contributed by atoms with Crippen molar-refractivity contribution in [3.8, 4) is 5.75 Å². The third kappa shape index (κ3) is 6.04. The van der Waals surface area contributed by atoms with Crippen LogP contribution in [0.4, 0.5) is 5.69 Å². The van der Waals surface area contributed by atoms with Gasteiger partial charge in [0, 0.05) is 13.6 Å². The summed E-state index contributed by atoms with van der Waals surface area (Å²) in [5.74, 6) is -0.533. The summed E-state index contributed by atoms with van der Waals surface area (Å²) in [4.78, 5) is 28.0. The van der Waals surface area contributed by atoms with Crippen LogP contribution in [0.15, 0.2) is 89.8 Å². The second-order valence-corrected chi connectivity index (χ2v) is 9.90. The Morgan fingerprint density at radius 3 is 2.08 bits per heavy atom. The van der Waals surface area contributed by atoms with Gasteiger partial charge in [-0.2, -0.15) is 0 Å². The highest BCUT2D eigenvalue weighted by molar-refractivity contribution is 7.92. The smallest absolute Gasteiger partial charge is 0.264 e. The number of hydrogen-bond acceptors (Lipinski definition) is 5. The van der Waals surface area contributed by atoms with Crippen LogP contribution in [0.3, 0.4) is 0 Å². The Labute approximate surface area is 212 Å². The van der Waals surface area contributed by atoms with E-state index in [1.165, 1.54) is 31.2 Å². The average molecular weight is 510 g/mol. The van der Waals surface area contributed by atoms with Crippen LogP contribution in [-0.2, 0) is 26.2 Å². The largest absolute Gasteiger partial charge is 0.495 e. The van der Waals surface area contributed by atoms with Gasteiger partial charge >= 0.3 is 0 Å². The van der Waals surface area contributed by atoms with E-state index in [0.29, 0.717) is 12.2 Å². The highest BCUT2D eigenvalue weighted by Gasteiger charge is 2.34. The van der Waals surface area contributed by atoms with E-state index in [1.54, 1.807) is 42.5 Å². The zero-order valence-electron chi connectivity index (χ0n) is 20.6. The van der Waals surface area contributed by atoms with Crippen LogP contribution in [0, 0.1) is 0 Å². The van der Waals surface area contributed by atoms with E-state index < -0.39 is 28.5 Å². The number of anilines is 1. The molecule has 1 N–H and O–H groups in total. The quantitative estimate of drug-likeness (QED) is 0.427. The Balaban J connectivity index is 2.08. The Morgan fingerprint density at radius 1 is 0.917 bits per heavy atom. The lowest BCUT2D eigenvalue weighted by atomic mass is 10.1. The molecular formula is C27H31N3O5S. The van der Waals surface area contributed by atoms with Gasteiger partial charge in [0.05, 0.1) is 17.7 Å². The molecule has 0 bridgehead atoms. The van der Waals surface area contributed by atoms with Crippen LogP contribution in [0.2, 0.25) is 0 Å². The Kier molecular flexibility index (Phi) is 9.08. The van der Waals surface area contributed by atoms with Gasteiger partial charge in [0.2, 0.25) is 11.8 Å². The molecule has 0 saturated heterocycles. The van der Waals surface area contributed by atoms with Gasteiger partial charge < -0.3 is 15.0 Å². The SMILES string of the molecule is CC[C@@H](C(=O)NC)N(Cc1ccccc1)C(=O)CN(c1ccccc1OC)S(=O)(=O)c1ccccc1. The molecule has 0 fully saturated rings. The molecule has 3 aromatic carbocycles. The third-order valence-electron chi connectivity index (χ3n) is 5.79. The van der Waals surface area contributed by atoms with E-state index in [9.17, 15) is 18.0 Å². The fourth-order valence-electron chi connectivity index (χ4n) is 3.94. The van der Waals surface area contributed by atoms with Crippen LogP contribution in [-0.4, -0.2) is 51.9 Å². The Morgan fingerprint density at radius 2 is 1.50 bits per heavy atom. The lowest BCUT2D eigenvalue weighted by molar-refractivity contribution is -0.140. The number of methoxy groups -OCH3 is 1. The first-order valence-electron chi connectivity index (χ1n) is 11.6. The van der Waals surface area contributed by atoms with E-state index in [2.05, 4.69) is 5.32 Å². The van der Waals surface area contributed by atoms with Gasteiger partial charge in [0.25, 0.3) is 10.0 Å². The first-order chi connectivity index (χ1) is 17.3. The minimum absolute atomic E-state index is 0.0386. The summed E-state index contributed by atoms with van der Waals surface area (Å²) in [6.07, 6.45) is 0.359. The minimum Gasteiger partial charge on any atom is -0.495 e. The number of nitrogens with one attached hydrogen (secondary N) is 1. The van der Waals surface area contributed by atoms with Crippen molar-refractivity contribution in [1.29, 1.82) is 0 Å². The molecular weight excluding hydrogens is 478 g/mol. The van der Waals surface area contributed by atoms with Crippen molar-refractivity contribution in [2.45, 2.75) is 30.8 Å². The van der Waals surface area contributed by atoms with Crippen LogP contribution in [0.5, 0.6) is 5.75 Å². The molecule has 1 atom stereocenters. The predicted octanol–water partition coefficient (Wildman–Crippen LogP) is 3.44. The number of hydrogen-bond donors (Lipinski definition) is 1. The van der Waals surface area contributed by atoms with Gasteiger partial charge in [-0.3, -0.25) is 13.9 Å².